The first kappa shape index (κ1) is 13.6. The molecule has 1 nitrogen and oxygen atoms in total. The smallest absolute Gasteiger partial charge is 0.0457 e. The predicted molar refractivity (Wildman–Crippen MR) is 89.3 cm³/mol. The second kappa shape index (κ2) is 5.53. The van der Waals surface area contributed by atoms with Crippen LogP contribution in [0.5, 0.6) is 0 Å². The summed E-state index contributed by atoms with van der Waals surface area (Å²) in [5.41, 5.74) is 8.46. The van der Waals surface area contributed by atoms with Crippen LogP contribution < -0.4 is 0 Å². The van der Waals surface area contributed by atoms with Crippen molar-refractivity contribution in [2.45, 2.75) is 20.8 Å². The van der Waals surface area contributed by atoms with Crippen LogP contribution >= 0.6 is 0 Å². The third kappa shape index (κ3) is 2.47. The van der Waals surface area contributed by atoms with Crippen LogP contribution in [0.2, 0.25) is 0 Å². The fourth-order valence-electron chi connectivity index (χ4n) is 3.09. The Morgan fingerprint density at radius 2 is 0.952 bits per heavy atom. The van der Waals surface area contributed by atoms with E-state index >= 15 is 0 Å². The van der Waals surface area contributed by atoms with E-state index in [2.05, 4.69) is 69.3 Å². The number of aromatic nitrogens is 1. The maximum absolute atomic E-state index is 4.79. The normalized spacial score (nSPS) is 10.6. The first-order chi connectivity index (χ1) is 10.2. The average Bonchev–Trinajstić information content (AvgIpc) is 2.49. The predicted octanol–water partition coefficient (Wildman–Crippen LogP) is 5.34. The third-order valence-electron chi connectivity index (χ3n) is 3.93. The molecule has 0 aliphatic rings. The Kier molecular flexibility index (Phi) is 3.57. The first-order valence-electron chi connectivity index (χ1n) is 7.27. The molecule has 0 spiro atoms. The zero-order valence-corrected chi connectivity index (χ0v) is 12.7. The van der Waals surface area contributed by atoms with E-state index in [0.29, 0.717) is 0 Å². The zero-order valence-electron chi connectivity index (χ0n) is 12.7. The SMILES string of the molecule is Cc1nc(C)c(-c2ccccc2)c(C)c1-c1ccccc1. The van der Waals surface area contributed by atoms with Gasteiger partial charge in [0.15, 0.2) is 0 Å². The molecule has 0 atom stereocenters. The maximum atomic E-state index is 4.79. The molecule has 0 bridgehead atoms. The van der Waals surface area contributed by atoms with Gasteiger partial charge in [-0.15, -0.1) is 0 Å². The van der Waals surface area contributed by atoms with Gasteiger partial charge in [-0.3, -0.25) is 4.98 Å². The molecule has 0 amide bonds. The molecular formula is C20H19N. The molecule has 0 fully saturated rings. The number of benzene rings is 2. The number of hydrogen-bond donors (Lipinski definition) is 0. The molecule has 0 saturated carbocycles. The van der Waals surface area contributed by atoms with Crippen LogP contribution in [0.4, 0.5) is 0 Å². The van der Waals surface area contributed by atoms with Gasteiger partial charge >= 0.3 is 0 Å². The highest BCUT2D eigenvalue weighted by Crippen LogP contribution is 2.35. The second-order valence-electron chi connectivity index (χ2n) is 5.39. The van der Waals surface area contributed by atoms with Crippen molar-refractivity contribution < 1.29 is 0 Å². The zero-order chi connectivity index (χ0) is 14.8. The van der Waals surface area contributed by atoms with Crippen molar-refractivity contribution >= 4 is 0 Å². The highest BCUT2D eigenvalue weighted by molar-refractivity contribution is 5.80. The minimum absolute atomic E-state index is 1.09. The van der Waals surface area contributed by atoms with Crippen molar-refractivity contribution in [3.63, 3.8) is 0 Å². The summed E-state index contributed by atoms with van der Waals surface area (Å²) in [6.45, 7) is 6.39. The molecule has 3 rings (SSSR count). The molecule has 0 aliphatic carbocycles. The lowest BCUT2D eigenvalue weighted by molar-refractivity contribution is 1.11. The van der Waals surface area contributed by atoms with Gasteiger partial charge in [-0.2, -0.15) is 0 Å². The number of aryl methyl sites for hydroxylation is 2. The molecule has 1 heterocycles. The number of rotatable bonds is 2. The van der Waals surface area contributed by atoms with E-state index in [1.165, 1.54) is 27.8 Å². The van der Waals surface area contributed by atoms with Crippen LogP contribution in [0.15, 0.2) is 60.7 Å². The highest BCUT2D eigenvalue weighted by Gasteiger charge is 2.14. The fraction of sp³-hybridized carbons (Fsp3) is 0.150. The van der Waals surface area contributed by atoms with Crippen LogP contribution in [0, 0.1) is 20.8 Å². The lowest BCUT2D eigenvalue weighted by atomic mass is 9.91. The van der Waals surface area contributed by atoms with E-state index in [-0.39, 0.29) is 0 Å². The summed E-state index contributed by atoms with van der Waals surface area (Å²) in [7, 11) is 0. The summed E-state index contributed by atoms with van der Waals surface area (Å²) in [4.78, 5) is 4.79. The molecule has 0 aliphatic heterocycles. The van der Waals surface area contributed by atoms with Gasteiger partial charge < -0.3 is 0 Å². The molecule has 3 aromatic rings. The molecule has 104 valence electrons. The van der Waals surface area contributed by atoms with Crippen LogP contribution in [-0.4, -0.2) is 4.98 Å². The van der Waals surface area contributed by atoms with Gasteiger partial charge in [0.2, 0.25) is 0 Å². The topological polar surface area (TPSA) is 12.9 Å². The molecule has 0 radical (unpaired) electrons. The van der Waals surface area contributed by atoms with Gasteiger partial charge in [-0.05, 0) is 37.5 Å². The third-order valence-corrected chi connectivity index (χ3v) is 3.93. The van der Waals surface area contributed by atoms with E-state index in [0.717, 1.165) is 11.4 Å². The van der Waals surface area contributed by atoms with E-state index in [9.17, 15) is 0 Å². The van der Waals surface area contributed by atoms with Crippen molar-refractivity contribution in [2.75, 3.05) is 0 Å². The van der Waals surface area contributed by atoms with Crippen molar-refractivity contribution in [1.29, 1.82) is 0 Å². The van der Waals surface area contributed by atoms with Crippen molar-refractivity contribution in [3.05, 3.63) is 77.6 Å². The van der Waals surface area contributed by atoms with Crippen LogP contribution in [0.25, 0.3) is 22.3 Å². The Balaban J connectivity index is 2.29. The summed E-state index contributed by atoms with van der Waals surface area (Å²) in [6, 6.07) is 21.0. The Morgan fingerprint density at radius 3 is 1.33 bits per heavy atom. The average molecular weight is 273 g/mol. The Labute approximate surface area is 126 Å². The summed E-state index contributed by atoms with van der Waals surface area (Å²) >= 11 is 0. The Bertz CT molecular complexity index is 695. The van der Waals surface area contributed by atoms with Crippen LogP contribution in [0.3, 0.4) is 0 Å². The molecule has 0 saturated heterocycles. The molecule has 1 aromatic heterocycles. The Morgan fingerprint density at radius 1 is 0.571 bits per heavy atom. The number of hydrogen-bond acceptors (Lipinski definition) is 1. The summed E-state index contributed by atoms with van der Waals surface area (Å²) in [5.74, 6) is 0. The van der Waals surface area contributed by atoms with Crippen molar-refractivity contribution in [2.24, 2.45) is 0 Å². The Hall–Kier alpha value is -2.41. The van der Waals surface area contributed by atoms with Gasteiger partial charge in [-0.1, -0.05) is 60.7 Å². The first-order valence-corrected chi connectivity index (χ1v) is 7.27. The maximum Gasteiger partial charge on any atom is 0.0457 e. The van der Waals surface area contributed by atoms with E-state index in [4.69, 9.17) is 4.98 Å². The van der Waals surface area contributed by atoms with Crippen molar-refractivity contribution in [3.8, 4) is 22.3 Å². The molecule has 2 aromatic carbocycles. The molecule has 0 N–H and O–H groups in total. The minimum atomic E-state index is 1.09. The van der Waals surface area contributed by atoms with Gasteiger partial charge in [-0.25, -0.2) is 0 Å². The number of nitrogens with zero attached hydrogens (tertiary/aromatic N) is 1. The largest absolute Gasteiger partial charge is 0.257 e. The molecule has 0 unspecified atom stereocenters. The van der Waals surface area contributed by atoms with Crippen LogP contribution in [0.1, 0.15) is 17.0 Å². The highest BCUT2D eigenvalue weighted by atomic mass is 14.7. The molecular weight excluding hydrogens is 254 g/mol. The van der Waals surface area contributed by atoms with Gasteiger partial charge in [0.05, 0.1) is 0 Å². The van der Waals surface area contributed by atoms with E-state index in [1.54, 1.807) is 0 Å². The summed E-state index contributed by atoms with van der Waals surface area (Å²) in [6.07, 6.45) is 0. The molecule has 1 heteroatoms. The standard InChI is InChI=1S/C20H19N/c1-14-19(17-10-6-4-7-11-17)15(2)21-16(3)20(14)18-12-8-5-9-13-18/h4-13H,1-3H3. The van der Waals surface area contributed by atoms with E-state index in [1.807, 2.05) is 12.1 Å². The number of pyridine rings is 1. The van der Waals surface area contributed by atoms with Gasteiger partial charge in [0.25, 0.3) is 0 Å². The lowest BCUT2D eigenvalue weighted by Gasteiger charge is -2.17. The quantitative estimate of drug-likeness (QED) is 0.614. The minimum Gasteiger partial charge on any atom is -0.257 e. The molecule has 21 heavy (non-hydrogen) atoms. The lowest BCUT2D eigenvalue weighted by Crippen LogP contribution is -1.99. The summed E-state index contributed by atoms with van der Waals surface area (Å²) in [5, 5.41) is 0. The monoisotopic (exact) mass is 273 g/mol. The second-order valence-corrected chi connectivity index (χ2v) is 5.39. The van der Waals surface area contributed by atoms with Gasteiger partial charge in [0.1, 0.15) is 0 Å². The van der Waals surface area contributed by atoms with E-state index < -0.39 is 0 Å². The summed E-state index contributed by atoms with van der Waals surface area (Å²) < 4.78 is 0. The van der Waals surface area contributed by atoms with Gasteiger partial charge in [0, 0.05) is 22.5 Å². The fourth-order valence-corrected chi connectivity index (χ4v) is 3.09. The van der Waals surface area contributed by atoms with Crippen LogP contribution in [-0.2, 0) is 0 Å². The van der Waals surface area contributed by atoms with Crippen molar-refractivity contribution in [1.82, 2.24) is 4.98 Å².